The lowest BCUT2D eigenvalue weighted by Crippen LogP contribution is -2.37. The molecule has 0 bridgehead atoms. The van der Waals surface area contributed by atoms with E-state index in [0.29, 0.717) is 5.69 Å². The van der Waals surface area contributed by atoms with Gasteiger partial charge < -0.3 is 9.88 Å². The van der Waals surface area contributed by atoms with Gasteiger partial charge in [0.25, 0.3) is 5.91 Å². The fraction of sp³-hybridized carbons (Fsp3) is 0.562. The predicted octanol–water partition coefficient (Wildman–Crippen LogP) is 5.58. The Morgan fingerprint density at radius 3 is 2.72 bits per heavy atom. The molecular formula is C32H42N6O. The van der Waals surface area contributed by atoms with Gasteiger partial charge in [0.2, 0.25) is 0 Å². The number of anilines is 1. The summed E-state index contributed by atoms with van der Waals surface area (Å²) in [7, 11) is 2.00. The monoisotopic (exact) mass is 526 g/mol. The first kappa shape index (κ1) is 26.2. The maximum atomic E-state index is 13.7. The molecule has 0 radical (unpaired) electrons. The van der Waals surface area contributed by atoms with Crippen molar-refractivity contribution in [2.75, 3.05) is 18.4 Å². The van der Waals surface area contributed by atoms with E-state index in [1.807, 2.05) is 17.7 Å². The maximum absolute atomic E-state index is 13.7. The fourth-order valence-corrected chi connectivity index (χ4v) is 7.01. The van der Waals surface area contributed by atoms with Crippen LogP contribution in [0.4, 0.5) is 5.69 Å². The van der Waals surface area contributed by atoms with Crippen molar-refractivity contribution in [1.82, 2.24) is 24.6 Å². The summed E-state index contributed by atoms with van der Waals surface area (Å²) in [6.07, 6.45) is 10.8. The van der Waals surface area contributed by atoms with Gasteiger partial charge in [0.05, 0.1) is 5.69 Å². The highest BCUT2D eigenvalue weighted by atomic mass is 16.1. The first-order valence-electron chi connectivity index (χ1n) is 14.7. The Bertz CT molecular complexity index is 1370. The number of carbonyl (C=O) groups is 1. The predicted molar refractivity (Wildman–Crippen MR) is 154 cm³/mol. The smallest absolute Gasteiger partial charge is 0.274 e. The summed E-state index contributed by atoms with van der Waals surface area (Å²) in [5.74, 6) is 1.61. The minimum absolute atomic E-state index is 0.00802. The fourth-order valence-electron chi connectivity index (χ4n) is 7.01. The zero-order chi connectivity index (χ0) is 27.2. The molecule has 1 saturated heterocycles. The van der Waals surface area contributed by atoms with Gasteiger partial charge >= 0.3 is 0 Å². The molecule has 1 aromatic carbocycles. The Balaban J connectivity index is 1.25. The number of aromatic nitrogens is 4. The van der Waals surface area contributed by atoms with Crippen LogP contribution in [0.5, 0.6) is 0 Å². The molecule has 1 atom stereocenters. The van der Waals surface area contributed by atoms with Crippen molar-refractivity contribution in [2.45, 2.75) is 89.5 Å². The minimum atomic E-state index is -0.123. The number of nitrogens with one attached hydrogen (secondary N) is 1. The van der Waals surface area contributed by atoms with Crippen molar-refractivity contribution in [1.29, 1.82) is 0 Å². The average molecular weight is 527 g/mol. The zero-order valence-corrected chi connectivity index (χ0v) is 24.0. The van der Waals surface area contributed by atoms with Gasteiger partial charge in [0.15, 0.2) is 0 Å². The van der Waals surface area contributed by atoms with Crippen LogP contribution in [-0.4, -0.2) is 43.6 Å². The van der Waals surface area contributed by atoms with Gasteiger partial charge in [-0.05, 0) is 85.9 Å². The van der Waals surface area contributed by atoms with E-state index >= 15 is 0 Å². The number of aryl methyl sites for hydroxylation is 1. The van der Waals surface area contributed by atoms with E-state index in [0.717, 1.165) is 74.9 Å². The highest BCUT2D eigenvalue weighted by molar-refractivity contribution is 6.03. The molecule has 7 heteroatoms. The van der Waals surface area contributed by atoms with E-state index in [4.69, 9.17) is 4.98 Å². The summed E-state index contributed by atoms with van der Waals surface area (Å²) < 4.78 is 2.01. The quantitative estimate of drug-likeness (QED) is 0.435. The Labute approximate surface area is 232 Å². The molecule has 3 aliphatic rings. The number of benzene rings is 1. The highest BCUT2D eigenvalue weighted by Gasteiger charge is 2.40. The highest BCUT2D eigenvalue weighted by Crippen LogP contribution is 2.46. The van der Waals surface area contributed by atoms with Gasteiger partial charge in [-0.15, -0.1) is 10.2 Å². The van der Waals surface area contributed by atoms with Crippen LogP contribution in [0.25, 0.3) is 0 Å². The summed E-state index contributed by atoms with van der Waals surface area (Å²) in [5.41, 5.74) is 6.44. The molecule has 3 heterocycles. The standard InChI is InChI=1S/C32H42N6O/c1-22-8-6-15-38(19-22)20-23-16-27(35-29-26(23)11-14-31(29,2)3)30(39)34-25-10-5-9-24(17-25)32(12-7-13-32)18-28-36-33-21-37(28)4/h5,9-10,16-17,21-22H,6-8,11-15,18-20H2,1-4H3,(H,34,39)/t22-/m0/s1. The summed E-state index contributed by atoms with van der Waals surface area (Å²) in [4.78, 5) is 21.2. The third-order valence-corrected chi connectivity index (χ3v) is 9.57. The number of likely N-dealkylation sites (tertiary alicyclic amines) is 1. The number of piperidine rings is 1. The molecule has 7 nitrogen and oxygen atoms in total. The molecule has 2 fully saturated rings. The lowest BCUT2D eigenvalue weighted by Gasteiger charge is -2.42. The molecule has 2 aromatic heterocycles. The molecular weight excluding hydrogens is 484 g/mol. The van der Waals surface area contributed by atoms with Gasteiger partial charge in [0, 0.05) is 43.1 Å². The van der Waals surface area contributed by atoms with Crippen LogP contribution in [0.2, 0.25) is 0 Å². The summed E-state index contributed by atoms with van der Waals surface area (Å²) in [5, 5.41) is 11.6. The number of hydrogen-bond acceptors (Lipinski definition) is 5. The Kier molecular flexibility index (Phi) is 6.82. The summed E-state index contributed by atoms with van der Waals surface area (Å²) >= 11 is 0. The van der Waals surface area contributed by atoms with E-state index in [1.165, 1.54) is 36.0 Å². The van der Waals surface area contributed by atoms with Crippen LogP contribution in [0, 0.1) is 5.92 Å². The molecule has 3 aromatic rings. The summed E-state index contributed by atoms with van der Waals surface area (Å²) in [6.45, 7) is 10.0. The third-order valence-electron chi connectivity index (χ3n) is 9.57. The molecule has 0 spiro atoms. The van der Waals surface area contributed by atoms with Crippen molar-refractivity contribution in [2.24, 2.45) is 13.0 Å². The molecule has 0 unspecified atom stereocenters. The largest absolute Gasteiger partial charge is 0.321 e. The number of carbonyl (C=O) groups excluding carboxylic acids is 1. The van der Waals surface area contributed by atoms with E-state index in [1.54, 1.807) is 6.33 Å². The lowest BCUT2D eigenvalue weighted by molar-refractivity contribution is 0.102. The number of fused-ring (bicyclic) bond motifs is 1. The molecule has 1 saturated carbocycles. The SMILES string of the molecule is C[C@H]1CCCN(Cc2cc(C(=O)Nc3cccc(C4(Cc5nncn5C)CCC4)c3)nc3c2CCC3(C)C)C1. The van der Waals surface area contributed by atoms with Crippen LogP contribution in [0.3, 0.4) is 0 Å². The van der Waals surface area contributed by atoms with Crippen LogP contribution in [0.1, 0.15) is 98.0 Å². The molecule has 6 rings (SSSR count). The Morgan fingerprint density at radius 1 is 1.15 bits per heavy atom. The number of amides is 1. The lowest BCUT2D eigenvalue weighted by atomic mass is 9.62. The number of nitrogens with zero attached hydrogens (tertiary/aromatic N) is 5. The van der Waals surface area contributed by atoms with Gasteiger partial charge in [-0.2, -0.15) is 0 Å². The van der Waals surface area contributed by atoms with Crippen molar-refractivity contribution in [3.8, 4) is 0 Å². The minimum Gasteiger partial charge on any atom is -0.321 e. The molecule has 39 heavy (non-hydrogen) atoms. The average Bonchev–Trinajstić information content (AvgIpc) is 3.43. The Morgan fingerprint density at radius 2 is 2.00 bits per heavy atom. The van der Waals surface area contributed by atoms with Crippen LogP contribution in [0.15, 0.2) is 36.7 Å². The summed E-state index contributed by atoms with van der Waals surface area (Å²) in [6, 6.07) is 10.5. The second-order valence-electron chi connectivity index (χ2n) is 13.1. The van der Waals surface area contributed by atoms with Gasteiger partial charge in [0.1, 0.15) is 17.8 Å². The van der Waals surface area contributed by atoms with E-state index in [-0.39, 0.29) is 16.7 Å². The number of hydrogen-bond donors (Lipinski definition) is 1. The first-order chi connectivity index (χ1) is 18.7. The maximum Gasteiger partial charge on any atom is 0.274 e. The second kappa shape index (κ2) is 10.2. The molecule has 206 valence electrons. The van der Waals surface area contributed by atoms with E-state index in [9.17, 15) is 4.79 Å². The molecule has 1 N–H and O–H groups in total. The normalized spacial score (nSPS) is 21.8. The van der Waals surface area contributed by atoms with Crippen molar-refractivity contribution >= 4 is 11.6 Å². The first-order valence-corrected chi connectivity index (χ1v) is 14.7. The third kappa shape index (κ3) is 5.13. The number of rotatable bonds is 7. The van der Waals surface area contributed by atoms with Gasteiger partial charge in [-0.3, -0.25) is 9.69 Å². The molecule has 1 aliphatic heterocycles. The molecule has 2 aliphatic carbocycles. The van der Waals surface area contributed by atoms with Crippen LogP contribution in [-0.2, 0) is 37.3 Å². The van der Waals surface area contributed by atoms with Crippen LogP contribution < -0.4 is 5.32 Å². The zero-order valence-electron chi connectivity index (χ0n) is 24.0. The van der Waals surface area contributed by atoms with Crippen molar-refractivity contribution in [3.05, 3.63) is 70.6 Å². The van der Waals surface area contributed by atoms with Gasteiger partial charge in [-0.1, -0.05) is 39.3 Å². The van der Waals surface area contributed by atoms with Crippen LogP contribution >= 0.6 is 0 Å². The van der Waals surface area contributed by atoms with Gasteiger partial charge in [-0.25, -0.2) is 4.98 Å². The second-order valence-corrected chi connectivity index (χ2v) is 13.1. The topological polar surface area (TPSA) is 75.9 Å². The van der Waals surface area contributed by atoms with E-state index in [2.05, 4.69) is 65.5 Å². The number of pyridine rings is 1. The molecule has 1 amide bonds. The van der Waals surface area contributed by atoms with E-state index < -0.39 is 0 Å². The van der Waals surface area contributed by atoms with Crippen molar-refractivity contribution in [3.63, 3.8) is 0 Å². The van der Waals surface area contributed by atoms with Crippen molar-refractivity contribution < 1.29 is 4.79 Å². The Hall–Kier alpha value is -3.06.